The van der Waals surface area contributed by atoms with Gasteiger partial charge in [0.2, 0.25) is 0 Å². The normalized spacial score (nSPS) is 14.0. The van der Waals surface area contributed by atoms with E-state index in [1.165, 1.54) is 42.6 Å². The molecule has 0 aliphatic heterocycles. The molecule has 1 aromatic carbocycles. The Kier molecular flexibility index (Phi) is 5.29. The molecule has 3 aromatic heterocycles. The molecule has 9 nitrogen and oxygen atoms in total. The Hall–Kier alpha value is -3.45. The number of nitrogens with one attached hydrogen (secondary N) is 2. The fourth-order valence-corrected chi connectivity index (χ4v) is 5.02. The van der Waals surface area contributed by atoms with Crippen LogP contribution in [0.15, 0.2) is 52.9 Å². The van der Waals surface area contributed by atoms with Gasteiger partial charge in [-0.05, 0) is 43.2 Å². The second kappa shape index (κ2) is 8.15. The first-order chi connectivity index (χ1) is 15.8. The fourth-order valence-electron chi connectivity index (χ4n) is 3.23. The fraction of sp³-hybridized carbons (Fsp3) is 0.200. The Morgan fingerprint density at radius 1 is 1.18 bits per heavy atom. The highest BCUT2D eigenvalue weighted by Gasteiger charge is 2.28. The van der Waals surface area contributed by atoms with Crippen molar-refractivity contribution in [3.05, 3.63) is 65.1 Å². The van der Waals surface area contributed by atoms with Crippen molar-refractivity contribution in [1.29, 1.82) is 0 Å². The van der Waals surface area contributed by atoms with Crippen molar-refractivity contribution in [1.82, 2.24) is 19.6 Å². The van der Waals surface area contributed by atoms with Crippen molar-refractivity contribution >= 4 is 43.7 Å². The molecule has 0 atom stereocenters. The van der Waals surface area contributed by atoms with E-state index in [2.05, 4.69) is 25.1 Å². The molecule has 3 heterocycles. The second-order valence-electron chi connectivity index (χ2n) is 7.40. The summed E-state index contributed by atoms with van der Waals surface area (Å²) in [5, 5.41) is 8.46. The van der Waals surface area contributed by atoms with Crippen LogP contribution in [-0.4, -0.2) is 33.9 Å². The third kappa shape index (κ3) is 4.41. The van der Waals surface area contributed by atoms with Gasteiger partial charge < -0.3 is 5.32 Å². The Morgan fingerprint density at radius 2 is 1.94 bits per heavy atom. The van der Waals surface area contributed by atoms with Gasteiger partial charge in [-0.3, -0.25) is 9.52 Å². The molecule has 0 radical (unpaired) electrons. The van der Waals surface area contributed by atoms with Crippen LogP contribution in [0.25, 0.3) is 5.65 Å². The molecule has 1 amide bonds. The average molecular weight is 491 g/mol. The van der Waals surface area contributed by atoms with E-state index in [1.54, 1.807) is 5.38 Å². The van der Waals surface area contributed by atoms with Gasteiger partial charge in [-0.1, -0.05) is 0 Å². The predicted molar refractivity (Wildman–Crippen MR) is 117 cm³/mol. The van der Waals surface area contributed by atoms with Gasteiger partial charge in [-0.15, -0.1) is 11.3 Å². The summed E-state index contributed by atoms with van der Waals surface area (Å²) in [6, 6.07) is 8.17. The lowest BCUT2D eigenvalue weighted by Crippen LogP contribution is -2.14. The van der Waals surface area contributed by atoms with E-state index in [1.807, 2.05) is 0 Å². The summed E-state index contributed by atoms with van der Waals surface area (Å²) in [6.07, 6.45) is 0.514. The molecule has 13 heteroatoms. The third-order valence-electron chi connectivity index (χ3n) is 5.00. The summed E-state index contributed by atoms with van der Waals surface area (Å²) in [5.74, 6) is -0.468. The SMILES string of the molecule is O=C(Nc1ccc(S(=O)(=O)Nc2nccs2)cc1)c1cc2nc(C3CC3)cc(C(F)F)n2n1. The average Bonchev–Trinajstić information content (AvgIpc) is 3.34. The first-order valence-electron chi connectivity index (χ1n) is 9.83. The van der Waals surface area contributed by atoms with Crippen LogP contribution in [0.1, 0.15) is 47.1 Å². The van der Waals surface area contributed by atoms with E-state index in [-0.39, 0.29) is 33.0 Å². The summed E-state index contributed by atoms with van der Waals surface area (Å²) >= 11 is 1.14. The zero-order valence-corrected chi connectivity index (χ0v) is 18.4. The number of benzene rings is 1. The number of hydrogen-bond acceptors (Lipinski definition) is 7. The minimum absolute atomic E-state index is 0.0122. The monoisotopic (exact) mass is 490 g/mol. The van der Waals surface area contributed by atoms with Crippen molar-refractivity contribution < 1.29 is 22.0 Å². The summed E-state index contributed by atoms with van der Waals surface area (Å²) < 4.78 is 55.2. The Balaban J connectivity index is 1.35. The van der Waals surface area contributed by atoms with Gasteiger partial charge in [0.05, 0.1) is 4.90 Å². The van der Waals surface area contributed by atoms with Gasteiger partial charge in [0.15, 0.2) is 16.5 Å². The van der Waals surface area contributed by atoms with E-state index in [4.69, 9.17) is 0 Å². The minimum atomic E-state index is -3.83. The van der Waals surface area contributed by atoms with Crippen LogP contribution < -0.4 is 10.0 Å². The summed E-state index contributed by atoms with van der Waals surface area (Å²) in [6.45, 7) is 0. The number of aromatic nitrogens is 4. The third-order valence-corrected chi connectivity index (χ3v) is 7.18. The van der Waals surface area contributed by atoms with Gasteiger partial charge in [0.1, 0.15) is 5.69 Å². The number of carbonyl (C=O) groups excluding carboxylic acids is 1. The van der Waals surface area contributed by atoms with Crippen molar-refractivity contribution in [2.45, 2.75) is 30.1 Å². The van der Waals surface area contributed by atoms with Gasteiger partial charge in [0.25, 0.3) is 22.4 Å². The molecule has 1 aliphatic rings. The minimum Gasteiger partial charge on any atom is -0.321 e. The first-order valence-corrected chi connectivity index (χ1v) is 12.2. The molecule has 0 unspecified atom stereocenters. The van der Waals surface area contributed by atoms with Gasteiger partial charge >= 0.3 is 0 Å². The van der Waals surface area contributed by atoms with Gasteiger partial charge in [-0.2, -0.15) is 5.10 Å². The number of nitrogens with zero attached hydrogens (tertiary/aromatic N) is 4. The second-order valence-corrected chi connectivity index (χ2v) is 9.98. The predicted octanol–water partition coefficient (Wildman–Crippen LogP) is 4.05. The van der Waals surface area contributed by atoms with Crippen molar-refractivity contribution in [3.63, 3.8) is 0 Å². The number of fused-ring (bicyclic) bond motifs is 1. The highest BCUT2D eigenvalue weighted by atomic mass is 32.2. The lowest BCUT2D eigenvalue weighted by molar-refractivity contribution is 0.102. The number of amides is 1. The maximum absolute atomic E-state index is 13.5. The number of sulfonamides is 1. The molecule has 5 rings (SSSR count). The Bertz CT molecular complexity index is 1430. The highest BCUT2D eigenvalue weighted by Crippen LogP contribution is 2.40. The topological polar surface area (TPSA) is 118 Å². The van der Waals surface area contributed by atoms with E-state index < -0.39 is 22.4 Å². The van der Waals surface area contributed by atoms with Crippen LogP contribution >= 0.6 is 11.3 Å². The molecule has 2 N–H and O–H groups in total. The summed E-state index contributed by atoms with van der Waals surface area (Å²) in [5.41, 5.74) is 0.663. The van der Waals surface area contributed by atoms with Gasteiger partial charge in [0, 0.05) is 34.9 Å². The molecule has 4 aromatic rings. The highest BCUT2D eigenvalue weighted by molar-refractivity contribution is 7.93. The molecule has 0 bridgehead atoms. The molecule has 170 valence electrons. The summed E-state index contributed by atoms with van der Waals surface area (Å²) in [7, 11) is -3.83. The van der Waals surface area contributed by atoms with Crippen molar-refractivity contribution in [2.24, 2.45) is 0 Å². The number of halogens is 2. The quantitative estimate of drug-likeness (QED) is 0.403. The molecule has 1 saturated carbocycles. The lowest BCUT2D eigenvalue weighted by Gasteiger charge is -2.07. The maximum Gasteiger partial charge on any atom is 0.280 e. The van der Waals surface area contributed by atoms with Crippen LogP contribution in [0.2, 0.25) is 0 Å². The number of thiazole rings is 1. The molecular formula is C20H16F2N6O3S2. The molecule has 1 fully saturated rings. The number of rotatable bonds is 7. The van der Waals surface area contributed by atoms with E-state index >= 15 is 0 Å². The zero-order chi connectivity index (χ0) is 23.2. The van der Waals surface area contributed by atoms with E-state index in [0.29, 0.717) is 11.4 Å². The standard InChI is InChI=1S/C20H16F2N6O3S2/c21-18(22)16-9-14(11-1-2-11)25-17-10-15(26-28(16)17)19(29)24-12-3-5-13(6-4-12)33(30,31)27-20-23-7-8-32-20/h3-11,18H,1-2H2,(H,23,27)(H,24,29). The number of hydrogen-bond donors (Lipinski definition) is 2. The van der Waals surface area contributed by atoms with Crippen LogP contribution in [0, 0.1) is 0 Å². The maximum atomic E-state index is 13.5. The number of alkyl halides is 2. The van der Waals surface area contributed by atoms with Crippen LogP contribution in [0.3, 0.4) is 0 Å². The van der Waals surface area contributed by atoms with Crippen molar-refractivity contribution in [2.75, 3.05) is 10.0 Å². The van der Waals surface area contributed by atoms with Crippen LogP contribution in [0.4, 0.5) is 19.6 Å². The Labute approximate surface area is 190 Å². The van der Waals surface area contributed by atoms with Crippen LogP contribution in [-0.2, 0) is 10.0 Å². The molecule has 33 heavy (non-hydrogen) atoms. The number of anilines is 2. The van der Waals surface area contributed by atoms with E-state index in [0.717, 1.165) is 28.7 Å². The van der Waals surface area contributed by atoms with Gasteiger partial charge in [-0.25, -0.2) is 31.7 Å². The van der Waals surface area contributed by atoms with E-state index in [9.17, 15) is 22.0 Å². The molecule has 0 spiro atoms. The number of carbonyl (C=O) groups is 1. The molecule has 1 aliphatic carbocycles. The largest absolute Gasteiger partial charge is 0.321 e. The summed E-state index contributed by atoms with van der Waals surface area (Å²) in [4.78, 5) is 20.9. The zero-order valence-electron chi connectivity index (χ0n) is 16.8. The lowest BCUT2D eigenvalue weighted by atomic mass is 10.2. The first kappa shape index (κ1) is 21.4. The van der Waals surface area contributed by atoms with Crippen LogP contribution in [0.5, 0.6) is 0 Å². The smallest absolute Gasteiger partial charge is 0.280 e. The molecule has 0 saturated heterocycles. The Morgan fingerprint density at radius 3 is 2.58 bits per heavy atom. The molecular weight excluding hydrogens is 474 g/mol. The van der Waals surface area contributed by atoms with Crippen molar-refractivity contribution in [3.8, 4) is 0 Å².